The molecular weight excluding hydrogens is 781 g/mol. The number of hydrogen-bond donors (Lipinski definition) is 2. The second kappa shape index (κ2) is 24.7. The molecule has 14 nitrogen and oxygen atoms in total. The van der Waals surface area contributed by atoms with E-state index in [1.54, 1.807) is 0 Å². The molecule has 2 saturated heterocycles. The summed E-state index contributed by atoms with van der Waals surface area (Å²) in [6.45, 7) is 30.1. The molecule has 4 unspecified atom stereocenters. The van der Waals surface area contributed by atoms with Crippen molar-refractivity contribution < 1.29 is 18.9 Å². The van der Waals surface area contributed by atoms with E-state index in [1.807, 2.05) is 27.7 Å². The standard InChI is InChI=1S/C48H88N10O4/c1-13-21-27-45(9)33-37(34-46(10,55-45)28-22-14-2)57(39-49-41(59-17-5)53-42(50-39)60-18-6)31-25-26-32-58(40-51-43(61-19-7)54-44(52-40)62-20-8)38-35-47(11,29-23-15-3)56-48(12,36-38)30-24-16-4/h37-38,55-56H,13-36H2,1-12H3. The lowest BCUT2D eigenvalue weighted by Gasteiger charge is -2.53. The quantitative estimate of drug-likeness (QED) is 0.0748. The molecule has 2 aliphatic rings. The topological polar surface area (TPSA) is 145 Å². The maximum atomic E-state index is 5.94. The molecule has 14 heteroatoms. The van der Waals surface area contributed by atoms with Crippen LogP contribution in [0.4, 0.5) is 11.9 Å². The lowest BCUT2D eigenvalue weighted by molar-refractivity contribution is 0.111. The van der Waals surface area contributed by atoms with Gasteiger partial charge in [-0.3, -0.25) is 0 Å². The number of piperidine rings is 2. The number of anilines is 2. The second-order valence-electron chi connectivity index (χ2n) is 19.3. The SMILES string of the molecule is CCCCC1(C)CC(N(CCCCN(c2nc(OCC)nc(OCC)n2)C2CC(C)(CCCC)NC(C)(CCCC)C2)c2nc(OCC)nc(OCC)n2)CC(C)(CCCC)N1. The molecule has 2 aliphatic heterocycles. The van der Waals surface area contributed by atoms with Crippen molar-refractivity contribution in [2.45, 2.75) is 233 Å². The summed E-state index contributed by atoms with van der Waals surface area (Å²) in [5, 5.41) is 8.39. The van der Waals surface area contributed by atoms with Crippen LogP contribution in [-0.4, -0.2) is 104 Å². The van der Waals surface area contributed by atoms with Crippen LogP contribution < -0.4 is 39.4 Å². The summed E-state index contributed by atoms with van der Waals surface area (Å²) < 4.78 is 23.7. The van der Waals surface area contributed by atoms with Gasteiger partial charge < -0.3 is 39.4 Å². The molecule has 2 aromatic rings. The zero-order valence-corrected chi connectivity index (χ0v) is 41.3. The third kappa shape index (κ3) is 15.2. The first-order chi connectivity index (χ1) is 29.7. The van der Waals surface area contributed by atoms with Gasteiger partial charge >= 0.3 is 24.0 Å². The third-order valence-corrected chi connectivity index (χ3v) is 13.0. The van der Waals surface area contributed by atoms with Gasteiger partial charge in [-0.05, 0) is 120 Å². The Morgan fingerprint density at radius 2 is 0.677 bits per heavy atom. The highest BCUT2D eigenvalue weighted by Crippen LogP contribution is 2.41. The number of aromatic nitrogens is 6. The Bertz CT molecular complexity index is 1400. The molecule has 0 bridgehead atoms. The third-order valence-electron chi connectivity index (χ3n) is 13.0. The Hall–Kier alpha value is -3.26. The number of nitrogens with one attached hydrogen (secondary N) is 2. The van der Waals surface area contributed by atoms with Gasteiger partial charge in [0.2, 0.25) is 11.9 Å². The number of rotatable bonds is 29. The largest absolute Gasteiger partial charge is 0.464 e. The van der Waals surface area contributed by atoms with Crippen molar-refractivity contribution in [2.75, 3.05) is 49.3 Å². The number of hydrogen-bond acceptors (Lipinski definition) is 14. The minimum atomic E-state index is -0.0198. The van der Waals surface area contributed by atoms with E-state index in [9.17, 15) is 0 Å². The van der Waals surface area contributed by atoms with Crippen LogP contribution in [0.1, 0.15) is 199 Å². The Labute approximate surface area is 376 Å². The molecule has 0 saturated carbocycles. The van der Waals surface area contributed by atoms with Gasteiger partial charge in [-0.1, -0.05) is 79.1 Å². The van der Waals surface area contributed by atoms with Crippen molar-refractivity contribution in [1.82, 2.24) is 40.5 Å². The lowest BCUT2D eigenvalue weighted by Crippen LogP contribution is -2.65. The zero-order chi connectivity index (χ0) is 45.2. The Kier molecular flexibility index (Phi) is 20.5. The van der Waals surface area contributed by atoms with E-state index in [2.05, 4.69) is 85.8 Å². The first-order valence-electron chi connectivity index (χ1n) is 24.9. The van der Waals surface area contributed by atoms with E-state index in [4.69, 9.17) is 38.9 Å². The fraction of sp³-hybridized carbons (Fsp3) is 0.875. The molecule has 0 amide bonds. The molecule has 0 aromatic carbocycles. The fourth-order valence-corrected chi connectivity index (χ4v) is 10.4. The molecule has 354 valence electrons. The van der Waals surface area contributed by atoms with Crippen LogP contribution in [0, 0.1) is 0 Å². The molecule has 0 spiro atoms. The molecule has 2 aromatic heterocycles. The number of ether oxygens (including phenoxy) is 4. The smallest absolute Gasteiger partial charge is 0.324 e. The van der Waals surface area contributed by atoms with E-state index in [0.717, 1.165) is 77.3 Å². The van der Waals surface area contributed by atoms with Gasteiger partial charge in [-0.2, -0.15) is 19.9 Å². The predicted molar refractivity (Wildman–Crippen MR) is 252 cm³/mol. The molecule has 2 fully saturated rings. The van der Waals surface area contributed by atoms with E-state index in [-0.39, 0.29) is 34.2 Å². The average Bonchev–Trinajstić information content (AvgIpc) is 3.22. The maximum Gasteiger partial charge on any atom is 0.324 e. The Morgan fingerprint density at radius 1 is 0.419 bits per heavy atom. The summed E-state index contributed by atoms with van der Waals surface area (Å²) in [7, 11) is 0. The van der Waals surface area contributed by atoms with E-state index in [0.29, 0.717) is 62.4 Å². The van der Waals surface area contributed by atoms with Gasteiger partial charge in [0.25, 0.3) is 0 Å². The first-order valence-corrected chi connectivity index (χ1v) is 24.9. The van der Waals surface area contributed by atoms with Gasteiger partial charge in [-0.25, -0.2) is 0 Å². The van der Waals surface area contributed by atoms with Crippen LogP contribution in [0.2, 0.25) is 0 Å². The molecule has 62 heavy (non-hydrogen) atoms. The highest BCUT2D eigenvalue weighted by molar-refractivity contribution is 5.37. The van der Waals surface area contributed by atoms with Gasteiger partial charge in [-0.15, -0.1) is 9.97 Å². The normalized spacial score (nSPS) is 26.3. The summed E-state index contributed by atoms with van der Waals surface area (Å²) in [4.78, 5) is 33.9. The van der Waals surface area contributed by atoms with Crippen molar-refractivity contribution in [3.8, 4) is 24.0 Å². The minimum absolute atomic E-state index is 0.0198. The number of nitrogens with zero attached hydrogens (tertiary/aromatic N) is 8. The summed E-state index contributed by atoms with van der Waals surface area (Å²) in [5.41, 5.74) is -0.0790. The summed E-state index contributed by atoms with van der Waals surface area (Å²) in [6.07, 6.45) is 19.7. The minimum Gasteiger partial charge on any atom is -0.464 e. The molecule has 2 N–H and O–H groups in total. The van der Waals surface area contributed by atoms with Crippen molar-refractivity contribution in [1.29, 1.82) is 0 Å². The molecule has 0 radical (unpaired) electrons. The van der Waals surface area contributed by atoms with E-state index in [1.165, 1.54) is 51.4 Å². The van der Waals surface area contributed by atoms with Crippen LogP contribution in [0.5, 0.6) is 24.0 Å². The Balaban J connectivity index is 1.75. The van der Waals surface area contributed by atoms with Gasteiger partial charge in [0, 0.05) is 47.3 Å². The average molecular weight is 869 g/mol. The van der Waals surface area contributed by atoms with E-state index < -0.39 is 0 Å². The van der Waals surface area contributed by atoms with Crippen LogP contribution in [0.15, 0.2) is 0 Å². The summed E-state index contributed by atoms with van der Waals surface area (Å²) in [6, 6.07) is 1.64. The molecule has 4 atom stereocenters. The first kappa shape index (κ1) is 51.4. The van der Waals surface area contributed by atoms with Crippen LogP contribution in [-0.2, 0) is 0 Å². The monoisotopic (exact) mass is 869 g/mol. The van der Waals surface area contributed by atoms with Crippen molar-refractivity contribution in [3.05, 3.63) is 0 Å². The van der Waals surface area contributed by atoms with Crippen LogP contribution in [0.3, 0.4) is 0 Å². The highest BCUT2D eigenvalue weighted by atomic mass is 16.5. The van der Waals surface area contributed by atoms with Crippen molar-refractivity contribution >= 4 is 11.9 Å². The van der Waals surface area contributed by atoms with Crippen LogP contribution >= 0.6 is 0 Å². The van der Waals surface area contributed by atoms with Crippen molar-refractivity contribution in [2.24, 2.45) is 0 Å². The highest BCUT2D eigenvalue weighted by Gasteiger charge is 2.46. The molecule has 4 heterocycles. The number of unbranched alkanes of at least 4 members (excludes halogenated alkanes) is 5. The van der Waals surface area contributed by atoms with Gasteiger partial charge in [0.1, 0.15) is 0 Å². The fourth-order valence-electron chi connectivity index (χ4n) is 10.4. The summed E-state index contributed by atoms with van der Waals surface area (Å²) in [5.74, 6) is 1.26. The maximum absolute atomic E-state index is 5.94. The van der Waals surface area contributed by atoms with E-state index >= 15 is 0 Å². The van der Waals surface area contributed by atoms with Crippen molar-refractivity contribution in [3.63, 3.8) is 0 Å². The Morgan fingerprint density at radius 3 is 0.903 bits per heavy atom. The van der Waals surface area contributed by atoms with Gasteiger partial charge in [0.05, 0.1) is 26.4 Å². The lowest BCUT2D eigenvalue weighted by atomic mass is 9.73. The van der Waals surface area contributed by atoms with Gasteiger partial charge in [0.15, 0.2) is 0 Å². The second-order valence-corrected chi connectivity index (χ2v) is 19.3. The van der Waals surface area contributed by atoms with Crippen LogP contribution in [0.25, 0.3) is 0 Å². The molecule has 0 aliphatic carbocycles. The molecular formula is C48H88N10O4. The predicted octanol–water partition coefficient (Wildman–Crippen LogP) is 10.0. The summed E-state index contributed by atoms with van der Waals surface area (Å²) >= 11 is 0. The molecule has 4 rings (SSSR count). The zero-order valence-electron chi connectivity index (χ0n) is 41.3.